The van der Waals surface area contributed by atoms with Crippen LogP contribution in [0.15, 0.2) is 12.4 Å². The molecule has 17 heavy (non-hydrogen) atoms. The van der Waals surface area contributed by atoms with Crippen LogP contribution in [-0.2, 0) is 18.4 Å². The summed E-state index contributed by atoms with van der Waals surface area (Å²) in [5.74, 6) is 0.152. The molecule has 0 fully saturated rings. The van der Waals surface area contributed by atoms with Crippen LogP contribution in [0.4, 0.5) is 0 Å². The zero-order chi connectivity index (χ0) is 12.8. The van der Waals surface area contributed by atoms with Crippen molar-refractivity contribution in [1.82, 2.24) is 20.0 Å². The summed E-state index contributed by atoms with van der Waals surface area (Å²) in [4.78, 5) is 13.8. The molecule has 1 amide bonds. The van der Waals surface area contributed by atoms with E-state index < -0.39 is 0 Å². The molecule has 1 heterocycles. The van der Waals surface area contributed by atoms with Crippen LogP contribution in [0, 0.1) is 0 Å². The van der Waals surface area contributed by atoms with E-state index >= 15 is 0 Å². The second kappa shape index (κ2) is 6.39. The number of nitrogens with one attached hydrogen (secondary N) is 1. The maximum absolute atomic E-state index is 12.0. The van der Waals surface area contributed by atoms with Gasteiger partial charge in [0.25, 0.3) is 0 Å². The molecule has 5 heteroatoms. The molecule has 0 aliphatic carbocycles. The van der Waals surface area contributed by atoms with Crippen molar-refractivity contribution in [2.45, 2.75) is 33.4 Å². The molecule has 1 N–H and O–H groups in total. The molecule has 0 saturated carbocycles. The Kier molecular flexibility index (Phi) is 5.15. The van der Waals surface area contributed by atoms with Crippen molar-refractivity contribution in [3.63, 3.8) is 0 Å². The van der Waals surface area contributed by atoms with Crippen molar-refractivity contribution < 1.29 is 4.79 Å². The summed E-state index contributed by atoms with van der Waals surface area (Å²) in [6.45, 7) is 8.08. The molecule has 0 aliphatic rings. The number of amides is 1. The number of aromatic nitrogens is 2. The summed E-state index contributed by atoms with van der Waals surface area (Å²) in [5, 5.41) is 7.30. The van der Waals surface area contributed by atoms with Gasteiger partial charge in [0.2, 0.25) is 5.91 Å². The lowest BCUT2D eigenvalue weighted by Crippen LogP contribution is -2.44. The number of carbonyl (C=O) groups excluding carboxylic acids is 1. The van der Waals surface area contributed by atoms with Crippen molar-refractivity contribution in [2.75, 3.05) is 13.1 Å². The standard InChI is InChI=1S/C12H22N4O/c1-5-16(6-2)12(17)10(3)13-7-11-8-14-15(4)9-11/h8-10,13H,5-7H2,1-4H3. The number of hydrogen-bond acceptors (Lipinski definition) is 3. The Morgan fingerprint density at radius 3 is 2.65 bits per heavy atom. The van der Waals surface area contributed by atoms with E-state index in [9.17, 15) is 4.79 Å². The number of carbonyl (C=O) groups is 1. The van der Waals surface area contributed by atoms with E-state index in [1.54, 1.807) is 4.68 Å². The van der Waals surface area contributed by atoms with Gasteiger partial charge in [-0.3, -0.25) is 9.48 Å². The second-order valence-corrected chi connectivity index (χ2v) is 4.14. The minimum Gasteiger partial charge on any atom is -0.342 e. The fraction of sp³-hybridized carbons (Fsp3) is 0.667. The summed E-state index contributed by atoms with van der Waals surface area (Å²) in [6, 6.07) is -0.157. The Labute approximate surface area is 103 Å². The average Bonchev–Trinajstić information content (AvgIpc) is 2.73. The highest BCUT2D eigenvalue weighted by Gasteiger charge is 2.17. The molecule has 0 bridgehead atoms. The van der Waals surface area contributed by atoms with Crippen LogP contribution >= 0.6 is 0 Å². The molecule has 1 aromatic heterocycles. The minimum atomic E-state index is -0.157. The highest BCUT2D eigenvalue weighted by molar-refractivity contribution is 5.81. The number of likely N-dealkylation sites (N-methyl/N-ethyl adjacent to an activating group) is 1. The minimum absolute atomic E-state index is 0.152. The van der Waals surface area contributed by atoms with Gasteiger partial charge < -0.3 is 10.2 Å². The molecule has 0 aromatic carbocycles. The van der Waals surface area contributed by atoms with Crippen LogP contribution in [0.5, 0.6) is 0 Å². The maximum Gasteiger partial charge on any atom is 0.239 e. The third kappa shape index (κ3) is 3.85. The predicted octanol–water partition coefficient (Wildman–Crippen LogP) is 0.767. The fourth-order valence-corrected chi connectivity index (χ4v) is 1.73. The van der Waals surface area contributed by atoms with E-state index in [1.807, 2.05) is 45.1 Å². The monoisotopic (exact) mass is 238 g/mol. The number of aryl methyl sites for hydroxylation is 1. The predicted molar refractivity (Wildman–Crippen MR) is 67.4 cm³/mol. The largest absolute Gasteiger partial charge is 0.342 e. The zero-order valence-corrected chi connectivity index (χ0v) is 11.1. The van der Waals surface area contributed by atoms with Gasteiger partial charge in [-0.2, -0.15) is 5.10 Å². The van der Waals surface area contributed by atoms with Crippen LogP contribution in [-0.4, -0.2) is 39.7 Å². The third-order valence-electron chi connectivity index (χ3n) is 2.82. The van der Waals surface area contributed by atoms with Crippen molar-refractivity contribution >= 4 is 5.91 Å². The Morgan fingerprint density at radius 2 is 2.18 bits per heavy atom. The highest BCUT2D eigenvalue weighted by Crippen LogP contribution is 1.99. The first-order chi connectivity index (χ1) is 8.08. The lowest BCUT2D eigenvalue weighted by molar-refractivity contribution is -0.132. The molecule has 1 rings (SSSR count). The van der Waals surface area contributed by atoms with Gasteiger partial charge in [-0.25, -0.2) is 0 Å². The summed E-state index contributed by atoms with van der Waals surface area (Å²) >= 11 is 0. The lowest BCUT2D eigenvalue weighted by Gasteiger charge is -2.23. The van der Waals surface area contributed by atoms with Crippen LogP contribution in [0.2, 0.25) is 0 Å². The first-order valence-electron chi connectivity index (χ1n) is 6.08. The molecule has 1 unspecified atom stereocenters. The van der Waals surface area contributed by atoms with E-state index in [2.05, 4.69) is 10.4 Å². The Balaban J connectivity index is 2.43. The van der Waals surface area contributed by atoms with Gasteiger partial charge in [-0.05, 0) is 20.8 Å². The molecule has 1 aromatic rings. The van der Waals surface area contributed by atoms with E-state index in [0.717, 1.165) is 18.7 Å². The molecule has 0 saturated heterocycles. The average molecular weight is 238 g/mol. The van der Waals surface area contributed by atoms with Gasteiger partial charge in [0.05, 0.1) is 12.2 Å². The van der Waals surface area contributed by atoms with Gasteiger partial charge >= 0.3 is 0 Å². The second-order valence-electron chi connectivity index (χ2n) is 4.14. The van der Waals surface area contributed by atoms with Crippen molar-refractivity contribution in [3.8, 4) is 0 Å². The highest BCUT2D eigenvalue weighted by atomic mass is 16.2. The fourth-order valence-electron chi connectivity index (χ4n) is 1.73. The van der Waals surface area contributed by atoms with Gasteiger partial charge in [0.15, 0.2) is 0 Å². The molecule has 0 radical (unpaired) electrons. The normalized spacial score (nSPS) is 12.5. The van der Waals surface area contributed by atoms with E-state index in [4.69, 9.17) is 0 Å². The van der Waals surface area contributed by atoms with E-state index in [-0.39, 0.29) is 11.9 Å². The van der Waals surface area contributed by atoms with Crippen LogP contribution in [0.1, 0.15) is 26.3 Å². The van der Waals surface area contributed by atoms with Crippen LogP contribution in [0.25, 0.3) is 0 Å². The van der Waals surface area contributed by atoms with Crippen LogP contribution in [0.3, 0.4) is 0 Å². The summed E-state index contributed by atoms with van der Waals surface area (Å²) in [7, 11) is 1.88. The Hall–Kier alpha value is -1.36. The molecule has 1 atom stereocenters. The Bertz CT molecular complexity index is 357. The number of hydrogen-bond donors (Lipinski definition) is 1. The molecular weight excluding hydrogens is 216 g/mol. The summed E-state index contributed by atoms with van der Waals surface area (Å²) < 4.78 is 1.76. The number of rotatable bonds is 6. The molecule has 0 spiro atoms. The SMILES string of the molecule is CCN(CC)C(=O)C(C)NCc1cnn(C)c1. The van der Waals surface area contributed by atoms with Crippen LogP contribution < -0.4 is 5.32 Å². The van der Waals surface area contributed by atoms with Crippen molar-refractivity contribution in [3.05, 3.63) is 18.0 Å². The van der Waals surface area contributed by atoms with E-state index in [1.165, 1.54) is 0 Å². The lowest BCUT2D eigenvalue weighted by atomic mass is 10.2. The third-order valence-corrected chi connectivity index (χ3v) is 2.82. The smallest absolute Gasteiger partial charge is 0.239 e. The molecule has 96 valence electrons. The Morgan fingerprint density at radius 1 is 1.53 bits per heavy atom. The van der Waals surface area contributed by atoms with Crippen molar-refractivity contribution in [1.29, 1.82) is 0 Å². The van der Waals surface area contributed by atoms with Gasteiger partial charge in [-0.15, -0.1) is 0 Å². The molecular formula is C12H22N4O. The number of nitrogens with zero attached hydrogens (tertiary/aromatic N) is 3. The first-order valence-corrected chi connectivity index (χ1v) is 6.08. The van der Waals surface area contributed by atoms with Gasteiger partial charge in [-0.1, -0.05) is 0 Å². The topological polar surface area (TPSA) is 50.2 Å². The van der Waals surface area contributed by atoms with Gasteiger partial charge in [0, 0.05) is 38.4 Å². The van der Waals surface area contributed by atoms with Crippen molar-refractivity contribution in [2.24, 2.45) is 7.05 Å². The first kappa shape index (κ1) is 13.7. The summed E-state index contributed by atoms with van der Waals surface area (Å²) in [5.41, 5.74) is 1.09. The molecule has 5 nitrogen and oxygen atoms in total. The summed E-state index contributed by atoms with van der Waals surface area (Å²) in [6.07, 6.45) is 3.75. The van der Waals surface area contributed by atoms with Gasteiger partial charge in [0.1, 0.15) is 0 Å². The zero-order valence-electron chi connectivity index (χ0n) is 11.1. The quantitative estimate of drug-likeness (QED) is 0.796. The molecule has 0 aliphatic heterocycles. The van der Waals surface area contributed by atoms with E-state index in [0.29, 0.717) is 6.54 Å². The maximum atomic E-state index is 12.0.